The molecule has 0 saturated heterocycles. The first kappa shape index (κ1) is 22.4. The predicted molar refractivity (Wildman–Crippen MR) is 119 cm³/mol. The molecule has 0 saturated carbocycles. The van der Waals surface area contributed by atoms with Crippen molar-refractivity contribution in [1.29, 1.82) is 0 Å². The van der Waals surface area contributed by atoms with Gasteiger partial charge in [0.1, 0.15) is 17.3 Å². The number of hydrogen-bond acceptors (Lipinski definition) is 7. The van der Waals surface area contributed by atoms with Crippen molar-refractivity contribution in [3.8, 4) is 28.6 Å². The lowest BCUT2D eigenvalue weighted by Crippen LogP contribution is -2.34. The molecule has 1 heterocycles. The highest BCUT2D eigenvalue weighted by atomic mass is 32.2. The Morgan fingerprint density at radius 3 is 2.42 bits per heavy atom. The maximum Gasteiger partial charge on any atom is 0.233 e. The highest BCUT2D eigenvalue weighted by molar-refractivity contribution is 8.00. The number of carbonyl (C=O) groups excluding carboxylic acids is 2. The molecular formula is C22H24N4O4S. The topological polar surface area (TPSA) is 95.3 Å². The minimum Gasteiger partial charge on any atom is -0.497 e. The third-order valence-corrected chi connectivity index (χ3v) is 5.50. The molecule has 9 heteroatoms. The van der Waals surface area contributed by atoms with Gasteiger partial charge in [-0.15, -0.1) is 10.2 Å². The van der Waals surface area contributed by atoms with Gasteiger partial charge in [-0.1, -0.05) is 23.9 Å². The number of benzene rings is 2. The van der Waals surface area contributed by atoms with Gasteiger partial charge >= 0.3 is 0 Å². The molecule has 2 aromatic carbocycles. The van der Waals surface area contributed by atoms with Crippen LogP contribution in [0, 0.1) is 0 Å². The summed E-state index contributed by atoms with van der Waals surface area (Å²) in [7, 11) is 3.22. The average Bonchev–Trinajstić information content (AvgIpc) is 3.20. The molecule has 3 rings (SSSR count). The van der Waals surface area contributed by atoms with Crippen LogP contribution in [0.1, 0.15) is 13.8 Å². The van der Waals surface area contributed by atoms with Crippen LogP contribution in [-0.4, -0.2) is 52.5 Å². The smallest absolute Gasteiger partial charge is 0.233 e. The summed E-state index contributed by atoms with van der Waals surface area (Å²) < 4.78 is 12.5. The van der Waals surface area contributed by atoms with E-state index in [9.17, 15) is 9.59 Å². The maximum absolute atomic E-state index is 12.4. The van der Waals surface area contributed by atoms with Gasteiger partial charge in [0, 0.05) is 11.3 Å². The van der Waals surface area contributed by atoms with Crippen LogP contribution >= 0.6 is 11.8 Å². The Morgan fingerprint density at radius 2 is 1.77 bits per heavy atom. The first-order valence-electron chi connectivity index (χ1n) is 9.61. The van der Waals surface area contributed by atoms with Crippen LogP contribution in [0.4, 0.5) is 0 Å². The van der Waals surface area contributed by atoms with Crippen molar-refractivity contribution in [2.45, 2.75) is 24.3 Å². The van der Waals surface area contributed by atoms with Crippen molar-refractivity contribution in [3.63, 3.8) is 0 Å². The second kappa shape index (κ2) is 10.1. The van der Waals surface area contributed by atoms with E-state index in [2.05, 4.69) is 15.5 Å². The van der Waals surface area contributed by atoms with Crippen LogP contribution in [0.25, 0.3) is 17.1 Å². The van der Waals surface area contributed by atoms with E-state index >= 15 is 0 Å². The Bertz CT molecular complexity index is 1070. The van der Waals surface area contributed by atoms with E-state index < -0.39 is 5.25 Å². The van der Waals surface area contributed by atoms with Gasteiger partial charge in [0.25, 0.3) is 0 Å². The van der Waals surface area contributed by atoms with Gasteiger partial charge in [0.2, 0.25) is 5.91 Å². The second-order valence-corrected chi connectivity index (χ2v) is 8.06. The van der Waals surface area contributed by atoms with Crippen LogP contribution < -0.4 is 14.8 Å². The first-order valence-corrected chi connectivity index (χ1v) is 10.5. The van der Waals surface area contributed by atoms with Crippen LogP contribution in [0.15, 0.2) is 53.7 Å². The van der Waals surface area contributed by atoms with Crippen molar-refractivity contribution in [2.24, 2.45) is 0 Å². The summed E-state index contributed by atoms with van der Waals surface area (Å²) in [6.45, 7) is 3.20. The zero-order chi connectivity index (χ0) is 22.4. The van der Waals surface area contributed by atoms with E-state index in [4.69, 9.17) is 9.47 Å². The number of nitrogens with one attached hydrogen (secondary N) is 1. The molecule has 0 spiro atoms. The van der Waals surface area contributed by atoms with Gasteiger partial charge in [0.15, 0.2) is 11.0 Å². The zero-order valence-electron chi connectivity index (χ0n) is 17.8. The standard InChI is InChI=1S/C22H24N4O4S/c1-14(27)13-23-21(28)15(2)31-22-25-24-20(16-6-5-7-19(12-16)30-4)26(22)17-8-10-18(29-3)11-9-17/h5-12,15H,13H2,1-4H3,(H,23,28)/t15-/m1/s1. The van der Waals surface area contributed by atoms with Crippen LogP contribution in [-0.2, 0) is 9.59 Å². The fraction of sp³-hybridized carbons (Fsp3) is 0.273. The number of ketones is 1. The van der Waals surface area contributed by atoms with Gasteiger partial charge < -0.3 is 14.8 Å². The predicted octanol–water partition coefficient (Wildman–Crippen LogP) is 3.14. The van der Waals surface area contributed by atoms with Crippen molar-refractivity contribution < 1.29 is 19.1 Å². The fourth-order valence-electron chi connectivity index (χ4n) is 2.83. The molecule has 8 nitrogen and oxygen atoms in total. The summed E-state index contributed by atoms with van der Waals surface area (Å²) in [5.41, 5.74) is 1.64. The van der Waals surface area contributed by atoms with Gasteiger partial charge in [-0.2, -0.15) is 0 Å². The molecule has 0 unspecified atom stereocenters. The minimum atomic E-state index is -0.473. The Hall–Kier alpha value is -3.33. The van der Waals surface area contributed by atoms with E-state index in [0.717, 1.165) is 17.0 Å². The Labute approximate surface area is 185 Å². The van der Waals surface area contributed by atoms with Crippen molar-refractivity contribution in [2.75, 3.05) is 20.8 Å². The van der Waals surface area contributed by atoms with Crippen LogP contribution in [0.3, 0.4) is 0 Å². The van der Waals surface area contributed by atoms with E-state index in [1.807, 2.05) is 53.1 Å². The molecule has 162 valence electrons. The molecule has 31 heavy (non-hydrogen) atoms. The van der Waals surface area contributed by atoms with Crippen molar-refractivity contribution in [1.82, 2.24) is 20.1 Å². The lowest BCUT2D eigenvalue weighted by molar-refractivity contribution is -0.123. The highest BCUT2D eigenvalue weighted by Gasteiger charge is 2.22. The number of amides is 1. The number of ether oxygens (including phenoxy) is 2. The number of thioether (sulfide) groups is 1. The van der Waals surface area contributed by atoms with Gasteiger partial charge in [-0.05, 0) is 50.2 Å². The van der Waals surface area contributed by atoms with Gasteiger partial charge in [-0.25, -0.2) is 0 Å². The monoisotopic (exact) mass is 440 g/mol. The number of nitrogens with zero attached hydrogens (tertiary/aromatic N) is 3. The summed E-state index contributed by atoms with van der Waals surface area (Å²) >= 11 is 1.26. The largest absolute Gasteiger partial charge is 0.497 e. The summed E-state index contributed by atoms with van der Waals surface area (Å²) in [6, 6.07) is 15.0. The van der Waals surface area contributed by atoms with E-state index in [-0.39, 0.29) is 18.2 Å². The lowest BCUT2D eigenvalue weighted by Gasteiger charge is -2.14. The van der Waals surface area contributed by atoms with Crippen molar-refractivity contribution in [3.05, 3.63) is 48.5 Å². The molecular weight excluding hydrogens is 416 g/mol. The molecule has 0 fully saturated rings. The Morgan fingerprint density at radius 1 is 1.06 bits per heavy atom. The fourth-order valence-corrected chi connectivity index (χ4v) is 3.72. The van der Waals surface area contributed by atoms with Gasteiger partial charge in [0.05, 0.1) is 26.0 Å². The van der Waals surface area contributed by atoms with E-state index in [1.54, 1.807) is 21.1 Å². The third-order valence-electron chi connectivity index (χ3n) is 4.45. The molecule has 1 amide bonds. The van der Waals surface area contributed by atoms with Crippen molar-refractivity contribution >= 4 is 23.5 Å². The summed E-state index contributed by atoms with van der Waals surface area (Å²) in [6.07, 6.45) is 0. The normalized spacial score (nSPS) is 11.6. The molecule has 1 N–H and O–H groups in total. The highest BCUT2D eigenvalue weighted by Crippen LogP contribution is 2.32. The molecule has 0 aliphatic rings. The molecule has 3 aromatic rings. The zero-order valence-corrected chi connectivity index (χ0v) is 18.6. The quantitative estimate of drug-likeness (QED) is 0.511. The first-order chi connectivity index (χ1) is 14.9. The molecule has 0 aliphatic carbocycles. The number of Topliss-reactive ketones (excluding diaryl/α,β-unsaturated/α-hetero) is 1. The Kier molecular flexibility index (Phi) is 7.30. The molecule has 0 radical (unpaired) electrons. The number of hydrogen-bond donors (Lipinski definition) is 1. The summed E-state index contributed by atoms with van der Waals surface area (Å²) in [5, 5.41) is 11.4. The molecule has 1 aromatic heterocycles. The molecule has 1 atom stereocenters. The number of aromatic nitrogens is 3. The summed E-state index contributed by atoms with van der Waals surface area (Å²) in [5.74, 6) is 1.70. The summed E-state index contributed by atoms with van der Waals surface area (Å²) in [4.78, 5) is 23.5. The Balaban J connectivity index is 1.99. The average molecular weight is 441 g/mol. The second-order valence-electron chi connectivity index (χ2n) is 6.75. The van der Waals surface area contributed by atoms with Crippen LogP contribution in [0.2, 0.25) is 0 Å². The minimum absolute atomic E-state index is 0.00393. The maximum atomic E-state index is 12.4. The lowest BCUT2D eigenvalue weighted by atomic mass is 10.2. The number of carbonyl (C=O) groups is 2. The number of rotatable bonds is 9. The van der Waals surface area contributed by atoms with E-state index in [1.165, 1.54) is 18.7 Å². The third kappa shape index (κ3) is 5.43. The van der Waals surface area contributed by atoms with Crippen LogP contribution in [0.5, 0.6) is 11.5 Å². The van der Waals surface area contributed by atoms with E-state index in [0.29, 0.717) is 16.7 Å². The number of methoxy groups -OCH3 is 2. The molecule has 0 bridgehead atoms. The van der Waals surface area contributed by atoms with Gasteiger partial charge in [-0.3, -0.25) is 14.2 Å². The molecule has 0 aliphatic heterocycles. The SMILES string of the molecule is COc1ccc(-n2c(S[C@H](C)C(=O)NCC(C)=O)nnc2-c2cccc(OC)c2)cc1.